The third-order valence-corrected chi connectivity index (χ3v) is 7.20. The van der Waals surface area contributed by atoms with E-state index in [0.717, 1.165) is 19.5 Å². The van der Waals surface area contributed by atoms with Crippen LogP contribution in [0.15, 0.2) is 83.9 Å². The van der Waals surface area contributed by atoms with Crippen molar-refractivity contribution in [1.29, 1.82) is 0 Å². The van der Waals surface area contributed by atoms with E-state index in [9.17, 15) is 8.42 Å². The molecular formula is C23H26N4O2S. The molecule has 2 aromatic carbocycles. The van der Waals surface area contributed by atoms with Gasteiger partial charge in [0.05, 0.1) is 5.69 Å². The Morgan fingerprint density at radius 1 is 1.03 bits per heavy atom. The van der Waals surface area contributed by atoms with Gasteiger partial charge in [-0.3, -0.25) is 4.31 Å². The van der Waals surface area contributed by atoms with E-state index in [2.05, 4.69) is 27.3 Å². The first-order valence-corrected chi connectivity index (χ1v) is 11.6. The highest BCUT2D eigenvalue weighted by molar-refractivity contribution is 7.92. The molecule has 1 aliphatic rings. The molecule has 30 heavy (non-hydrogen) atoms. The Hall–Kier alpha value is -3.06. The molecule has 2 heterocycles. The Morgan fingerprint density at radius 2 is 1.73 bits per heavy atom. The van der Waals surface area contributed by atoms with Crippen LogP contribution in [-0.4, -0.2) is 39.1 Å². The number of sulfonamides is 1. The summed E-state index contributed by atoms with van der Waals surface area (Å²) in [5.74, 6) is 0.691. The summed E-state index contributed by atoms with van der Waals surface area (Å²) in [5.41, 5.74) is 1.87. The van der Waals surface area contributed by atoms with Gasteiger partial charge in [0.2, 0.25) is 0 Å². The van der Waals surface area contributed by atoms with Crippen molar-refractivity contribution in [2.24, 2.45) is 0 Å². The Bertz CT molecular complexity index is 1060. The van der Waals surface area contributed by atoms with E-state index in [0.29, 0.717) is 18.1 Å². The van der Waals surface area contributed by atoms with Gasteiger partial charge in [0.1, 0.15) is 10.7 Å². The first kappa shape index (κ1) is 20.2. The largest absolute Gasteiger partial charge is 0.369 e. The summed E-state index contributed by atoms with van der Waals surface area (Å²) in [6, 6.07) is 23.1. The van der Waals surface area contributed by atoms with Crippen molar-refractivity contribution in [3.63, 3.8) is 0 Å². The number of aromatic nitrogens is 1. The van der Waals surface area contributed by atoms with Crippen molar-refractivity contribution < 1.29 is 8.42 Å². The summed E-state index contributed by atoms with van der Waals surface area (Å²) in [4.78, 5) is 6.91. The number of anilines is 3. The van der Waals surface area contributed by atoms with Gasteiger partial charge in [-0.05, 0) is 49.7 Å². The Kier molecular flexibility index (Phi) is 5.90. The lowest BCUT2D eigenvalue weighted by Crippen LogP contribution is -2.31. The molecule has 1 fully saturated rings. The molecule has 3 aromatic rings. The lowest BCUT2D eigenvalue weighted by molar-refractivity contribution is 0.591. The van der Waals surface area contributed by atoms with Gasteiger partial charge in [-0.1, -0.05) is 36.4 Å². The Labute approximate surface area is 178 Å². The maximum absolute atomic E-state index is 13.1. The van der Waals surface area contributed by atoms with E-state index in [1.807, 2.05) is 43.3 Å². The van der Waals surface area contributed by atoms with E-state index in [1.54, 1.807) is 24.3 Å². The van der Waals surface area contributed by atoms with E-state index in [1.165, 1.54) is 16.2 Å². The molecule has 0 saturated carbocycles. The van der Waals surface area contributed by atoms with Crippen molar-refractivity contribution in [3.8, 4) is 0 Å². The number of hydrogen-bond acceptors (Lipinski definition) is 5. The number of para-hydroxylation sites is 2. The predicted octanol–water partition coefficient (Wildman–Crippen LogP) is 3.99. The normalized spacial score (nSPS) is 16.4. The molecule has 1 unspecified atom stereocenters. The molecular weight excluding hydrogens is 396 g/mol. The van der Waals surface area contributed by atoms with Crippen molar-refractivity contribution in [3.05, 3.63) is 79.0 Å². The number of rotatable bonds is 7. The zero-order chi connectivity index (χ0) is 21.0. The highest BCUT2D eigenvalue weighted by Gasteiger charge is 2.25. The minimum atomic E-state index is -3.66. The van der Waals surface area contributed by atoms with Crippen molar-refractivity contribution in [2.45, 2.75) is 24.3 Å². The molecule has 0 spiro atoms. The molecule has 1 saturated heterocycles. The first-order valence-electron chi connectivity index (χ1n) is 10.2. The van der Waals surface area contributed by atoms with Gasteiger partial charge in [0.15, 0.2) is 0 Å². The van der Waals surface area contributed by atoms with Crippen LogP contribution in [0.1, 0.15) is 13.3 Å². The van der Waals surface area contributed by atoms with Gasteiger partial charge in [0, 0.05) is 37.6 Å². The van der Waals surface area contributed by atoms with E-state index < -0.39 is 10.0 Å². The summed E-state index contributed by atoms with van der Waals surface area (Å²) in [7, 11) is -3.66. The fraction of sp³-hybridized carbons (Fsp3) is 0.261. The second-order valence-electron chi connectivity index (χ2n) is 7.30. The standard InChI is InChI=1S/C23H26N4O2S/c1-2-27(21-11-7-4-8-12-21)30(28,29)22-13-14-23(24-17-22)25-19-15-16-26(18-19)20-9-5-3-6-10-20/h3-14,17,19H,2,15-16,18H2,1H3,(H,24,25). The third kappa shape index (κ3) is 4.26. The fourth-order valence-corrected chi connectivity index (χ4v) is 5.21. The minimum Gasteiger partial charge on any atom is -0.369 e. The number of nitrogens with zero attached hydrogens (tertiary/aromatic N) is 3. The Balaban J connectivity index is 1.44. The van der Waals surface area contributed by atoms with Crippen LogP contribution in [0.3, 0.4) is 0 Å². The minimum absolute atomic E-state index is 0.191. The molecule has 6 nitrogen and oxygen atoms in total. The number of nitrogens with one attached hydrogen (secondary N) is 1. The second-order valence-corrected chi connectivity index (χ2v) is 9.16. The molecule has 0 radical (unpaired) electrons. The van der Waals surface area contributed by atoms with Crippen molar-refractivity contribution in [2.75, 3.05) is 34.2 Å². The molecule has 1 atom stereocenters. The summed E-state index contributed by atoms with van der Waals surface area (Å²) in [6.07, 6.45) is 2.45. The van der Waals surface area contributed by atoms with Crippen LogP contribution in [0.5, 0.6) is 0 Å². The summed E-state index contributed by atoms with van der Waals surface area (Å²) in [6.45, 7) is 4.05. The van der Waals surface area contributed by atoms with Crippen LogP contribution in [-0.2, 0) is 10.0 Å². The van der Waals surface area contributed by atoms with Crippen LogP contribution in [0, 0.1) is 0 Å². The molecule has 0 aliphatic carbocycles. The lowest BCUT2D eigenvalue weighted by atomic mass is 10.2. The van der Waals surface area contributed by atoms with Crippen LogP contribution in [0.2, 0.25) is 0 Å². The van der Waals surface area contributed by atoms with Crippen molar-refractivity contribution in [1.82, 2.24) is 4.98 Å². The van der Waals surface area contributed by atoms with Crippen LogP contribution in [0.25, 0.3) is 0 Å². The Morgan fingerprint density at radius 3 is 2.37 bits per heavy atom. The van der Waals surface area contributed by atoms with Gasteiger partial charge >= 0.3 is 0 Å². The third-order valence-electron chi connectivity index (χ3n) is 5.32. The van der Waals surface area contributed by atoms with E-state index in [-0.39, 0.29) is 10.9 Å². The number of hydrogen-bond donors (Lipinski definition) is 1. The SMILES string of the molecule is CCN(c1ccccc1)S(=O)(=O)c1ccc(NC2CCN(c3ccccc3)C2)nc1. The van der Waals surface area contributed by atoms with Crippen LogP contribution >= 0.6 is 0 Å². The molecule has 1 aliphatic heterocycles. The molecule has 1 aromatic heterocycles. The molecule has 1 N–H and O–H groups in total. The van der Waals surface area contributed by atoms with Gasteiger partial charge in [-0.25, -0.2) is 13.4 Å². The summed E-state index contributed by atoms with van der Waals surface area (Å²) < 4.78 is 27.6. The quantitative estimate of drug-likeness (QED) is 0.624. The fourth-order valence-electron chi connectivity index (χ4n) is 3.79. The van der Waals surface area contributed by atoms with Gasteiger partial charge in [-0.15, -0.1) is 0 Å². The van der Waals surface area contributed by atoms with Crippen molar-refractivity contribution >= 4 is 27.2 Å². The number of pyridine rings is 1. The topological polar surface area (TPSA) is 65.5 Å². The first-order chi connectivity index (χ1) is 14.6. The average molecular weight is 423 g/mol. The molecule has 0 bridgehead atoms. The van der Waals surface area contributed by atoms with Gasteiger partial charge in [-0.2, -0.15) is 0 Å². The van der Waals surface area contributed by atoms with Crippen LogP contribution < -0.4 is 14.5 Å². The van der Waals surface area contributed by atoms with E-state index in [4.69, 9.17) is 0 Å². The zero-order valence-corrected chi connectivity index (χ0v) is 17.8. The number of benzene rings is 2. The summed E-state index contributed by atoms with van der Waals surface area (Å²) in [5, 5.41) is 3.43. The molecule has 4 rings (SSSR count). The zero-order valence-electron chi connectivity index (χ0n) is 17.0. The average Bonchev–Trinajstić information content (AvgIpc) is 3.24. The highest BCUT2D eigenvalue weighted by atomic mass is 32.2. The predicted molar refractivity (Wildman–Crippen MR) is 122 cm³/mol. The second kappa shape index (κ2) is 8.75. The summed E-state index contributed by atoms with van der Waals surface area (Å²) >= 11 is 0. The highest BCUT2D eigenvalue weighted by Crippen LogP contribution is 2.25. The smallest absolute Gasteiger partial charge is 0.265 e. The van der Waals surface area contributed by atoms with Gasteiger partial charge in [0.25, 0.3) is 10.0 Å². The monoisotopic (exact) mass is 422 g/mol. The molecule has 156 valence electrons. The van der Waals surface area contributed by atoms with E-state index >= 15 is 0 Å². The molecule has 7 heteroatoms. The van der Waals surface area contributed by atoms with Crippen LogP contribution in [0.4, 0.5) is 17.2 Å². The maximum atomic E-state index is 13.1. The maximum Gasteiger partial charge on any atom is 0.265 e. The van der Waals surface area contributed by atoms with Gasteiger partial charge < -0.3 is 10.2 Å². The molecule has 0 amide bonds. The lowest BCUT2D eigenvalue weighted by Gasteiger charge is -2.23.